The molecule has 0 N–H and O–H groups in total. The fourth-order valence-corrected chi connectivity index (χ4v) is 1.73. The highest BCUT2D eigenvalue weighted by Crippen LogP contribution is 2.25. The Hall–Kier alpha value is 0. The molecule has 1 aliphatic rings. The molecule has 0 radical (unpaired) electrons. The Morgan fingerprint density at radius 1 is 1.50 bits per heavy atom. The Labute approximate surface area is 99.3 Å². The summed E-state index contributed by atoms with van der Waals surface area (Å²) in [5, 5.41) is 0. The van der Waals surface area contributed by atoms with Gasteiger partial charge >= 0.3 is 6.09 Å². The van der Waals surface area contributed by atoms with E-state index in [-0.39, 0.29) is 11.7 Å². The van der Waals surface area contributed by atoms with Gasteiger partial charge in [-0.05, 0) is 20.8 Å². The number of likely N-dealkylation sites (tertiary alicyclic amines) is 1. The second-order valence-corrected chi connectivity index (χ2v) is 6.79. The van der Waals surface area contributed by atoms with E-state index in [0.29, 0.717) is 9.84 Å². The van der Waals surface area contributed by atoms with E-state index in [1.54, 1.807) is 4.90 Å². The third-order valence-electron chi connectivity index (χ3n) is 2.21. The zero-order valence-corrected chi connectivity index (χ0v) is 11.4. The topological polar surface area (TPSA) is 29.5 Å². The molecule has 0 unspecified atom stereocenters. The highest BCUT2D eigenvalue weighted by atomic mass is 127. The first-order chi connectivity index (χ1) is 6.29. The van der Waals surface area contributed by atoms with Gasteiger partial charge in [0.05, 0.1) is 0 Å². The molecule has 0 aromatic heterocycles. The molecular formula is C10H18INO2. The first-order valence-electron chi connectivity index (χ1n) is 4.91. The Bertz CT molecular complexity index is 217. The average Bonchev–Trinajstić information content (AvgIpc) is 1.75. The Balaban J connectivity index is 2.30. The number of nitrogens with zero attached hydrogens (tertiary/aromatic N) is 1. The van der Waals surface area contributed by atoms with Gasteiger partial charge in [0.25, 0.3) is 0 Å². The maximum Gasteiger partial charge on any atom is 0.410 e. The molecule has 0 aromatic carbocycles. The number of carbonyl (C=O) groups excluding carboxylic acids is 1. The summed E-state index contributed by atoms with van der Waals surface area (Å²) in [6.07, 6.45) is -0.175. The normalized spacial score (nSPS) is 20.2. The first kappa shape index (κ1) is 12.1. The molecule has 1 aliphatic heterocycles. The van der Waals surface area contributed by atoms with Gasteiger partial charge < -0.3 is 9.64 Å². The summed E-state index contributed by atoms with van der Waals surface area (Å²) >= 11 is 2.40. The summed E-state index contributed by atoms with van der Waals surface area (Å²) in [6, 6.07) is 0. The van der Waals surface area contributed by atoms with Crippen LogP contribution in [-0.2, 0) is 4.74 Å². The second-order valence-electron chi connectivity index (χ2n) is 4.82. The lowest BCUT2D eigenvalue weighted by atomic mass is 9.98. The van der Waals surface area contributed by atoms with E-state index in [9.17, 15) is 4.79 Å². The predicted molar refractivity (Wildman–Crippen MR) is 64.8 cm³/mol. The van der Waals surface area contributed by atoms with Crippen LogP contribution in [0.5, 0.6) is 0 Å². The van der Waals surface area contributed by atoms with Gasteiger partial charge in [0.1, 0.15) is 5.60 Å². The minimum absolute atomic E-state index is 0.175. The van der Waals surface area contributed by atoms with Crippen molar-refractivity contribution in [3.05, 3.63) is 0 Å². The number of halogens is 1. The molecule has 0 bridgehead atoms. The molecule has 1 heterocycles. The first-order valence-corrected chi connectivity index (χ1v) is 6.16. The Morgan fingerprint density at radius 2 is 2.00 bits per heavy atom. The maximum atomic E-state index is 11.5. The van der Waals surface area contributed by atoms with Crippen LogP contribution in [0.2, 0.25) is 0 Å². The average molecular weight is 311 g/mol. The molecule has 1 rings (SSSR count). The third kappa shape index (κ3) is 3.29. The highest BCUT2D eigenvalue weighted by Gasteiger charge is 2.35. The molecular weight excluding hydrogens is 293 g/mol. The minimum atomic E-state index is -0.377. The van der Waals surface area contributed by atoms with Gasteiger partial charge in [-0.2, -0.15) is 0 Å². The molecule has 1 fully saturated rings. The number of rotatable bonds is 1. The van der Waals surface area contributed by atoms with Crippen molar-refractivity contribution in [3.8, 4) is 0 Å². The molecule has 14 heavy (non-hydrogen) atoms. The van der Waals surface area contributed by atoms with Crippen LogP contribution in [0, 0.1) is 5.92 Å². The van der Waals surface area contributed by atoms with Gasteiger partial charge in [0.15, 0.2) is 0 Å². The van der Waals surface area contributed by atoms with Crippen molar-refractivity contribution >= 4 is 28.7 Å². The summed E-state index contributed by atoms with van der Waals surface area (Å²) in [6.45, 7) is 9.55. The van der Waals surface area contributed by atoms with Crippen molar-refractivity contribution < 1.29 is 9.53 Å². The summed E-state index contributed by atoms with van der Waals surface area (Å²) < 4.78 is 5.89. The van der Waals surface area contributed by atoms with E-state index in [1.165, 1.54) is 0 Å². The van der Waals surface area contributed by atoms with Crippen molar-refractivity contribution in [3.63, 3.8) is 0 Å². The van der Waals surface area contributed by atoms with Crippen molar-refractivity contribution in [2.75, 3.05) is 13.1 Å². The summed E-state index contributed by atoms with van der Waals surface area (Å²) in [5.74, 6) is 0.642. The Morgan fingerprint density at radius 3 is 2.36 bits per heavy atom. The van der Waals surface area contributed by atoms with Crippen LogP contribution in [0.25, 0.3) is 0 Å². The molecule has 1 atom stereocenters. The smallest absolute Gasteiger partial charge is 0.410 e. The number of alkyl halides is 1. The molecule has 0 aromatic rings. The maximum absolute atomic E-state index is 11.5. The predicted octanol–water partition coefficient (Wildman–Crippen LogP) is 2.68. The van der Waals surface area contributed by atoms with Crippen LogP contribution in [0.4, 0.5) is 4.79 Å². The van der Waals surface area contributed by atoms with E-state index in [2.05, 4.69) is 29.5 Å². The fourth-order valence-electron chi connectivity index (χ4n) is 1.28. The molecule has 82 valence electrons. The molecule has 0 spiro atoms. The van der Waals surface area contributed by atoms with Crippen LogP contribution < -0.4 is 0 Å². The van der Waals surface area contributed by atoms with E-state index in [1.807, 2.05) is 20.8 Å². The molecule has 1 amide bonds. The van der Waals surface area contributed by atoms with E-state index >= 15 is 0 Å². The van der Waals surface area contributed by atoms with Gasteiger partial charge in [-0.3, -0.25) is 0 Å². The van der Waals surface area contributed by atoms with E-state index in [0.717, 1.165) is 13.1 Å². The van der Waals surface area contributed by atoms with Crippen molar-refractivity contribution in [1.29, 1.82) is 0 Å². The lowest BCUT2D eigenvalue weighted by Gasteiger charge is -2.41. The van der Waals surface area contributed by atoms with Gasteiger partial charge in [0.2, 0.25) is 0 Å². The van der Waals surface area contributed by atoms with Crippen LogP contribution >= 0.6 is 22.6 Å². The second kappa shape index (κ2) is 4.24. The number of hydrogen-bond acceptors (Lipinski definition) is 2. The molecule has 1 saturated heterocycles. The molecule has 3 nitrogen and oxygen atoms in total. The lowest BCUT2D eigenvalue weighted by Crippen LogP contribution is -2.53. The third-order valence-corrected chi connectivity index (χ3v) is 3.23. The summed E-state index contributed by atoms with van der Waals surface area (Å²) in [5.41, 5.74) is -0.377. The number of carbonyl (C=O) groups is 1. The summed E-state index contributed by atoms with van der Waals surface area (Å²) in [4.78, 5) is 13.3. The van der Waals surface area contributed by atoms with Gasteiger partial charge in [0, 0.05) is 22.9 Å². The molecule has 0 aliphatic carbocycles. The van der Waals surface area contributed by atoms with Crippen molar-refractivity contribution in [2.45, 2.75) is 37.2 Å². The van der Waals surface area contributed by atoms with Gasteiger partial charge in [-0.15, -0.1) is 0 Å². The largest absolute Gasteiger partial charge is 0.444 e. The number of hydrogen-bond donors (Lipinski definition) is 0. The standard InChI is InChI=1S/C10H18INO2/c1-7(11)8-5-12(6-8)9(13)14-10(2,3)4/h7-8H,5-6H2,1-4H3/t7-/m1/s1. The van der Waals surface area contributed by atoms with Crippen molar-refractivity contribution in [1.82, 2.24) is 4.90 Å². The van der Waals surface area contributed by atoms with Crippen LogP contribution in [0.15, 0.2) is 0 Å². The zero-order chi connectivity index (χ0) is 10.9. The van der Waals surface area contributed by atoms with Gasteiger partial charge in [-0.1, -0.05) is 29.5 Å². The monoisotopic (exact) mass is 311 g/mol. The highest BCUT2D eigenvalue weighted by molar-refractivity contribution is 14.1. The SMILES string of the molecule is C[C@@H](I)C1CN(C(=O)OC(C)(C)C)C1. The van der Waals surface area contributed by atoms with Gasteiger partial charge in [-0.25, -0.2) is 4.79 Å². The van der Waals surface area contributed by atoms with Crippen LogP contribution in [-0.4, -0.2) is 33.6 Å². The quantitative estimate of drug-likeness (QED) is 0.550. The number of ether oxygens (including phenoxy) is 1. The molecule has 0 saturated carbocycles. The summed E-state index contributed by atoms with van der Waals surface area (Å²) in [7, 11) is 0. The fraction of sp³-hybridized carbons (Fsp3) is 0.900. The Kier molecular flexibility index (Phi) is 3.66. The van der Waals surface area contributed by atoms with Crippen molar-refractivity contribution in [2.24, 2.45) is 5.92 Å². The minimum Gasteiger partial charge on any atom is -0.444 e. The lowest BCUT2D eigenvalue weighted by molar-refractivity contribution is -0.0000294. The van der Waals surface area contributed by atoms with E-state index < -0.39 is 0 Å². The molecule has 4 heteroatoms. The van der Waals surface area contributed by atoms with E-state index in [4.69, 9.17) is 4.74 Å². The van der Waals surface area contributed by atoms with Crippen LogP contribution in [0.3, 0.4) is 0 Å². The zero-order valence-electron chi connectivity index (χ0n) is 9.21. The number of amides is 1. The van der Waals surface area contributed by atoms with Crippen LogP contribution in [0.1, 0.15) is 27.7 Å².